The number of aliphatic hydroxyl groups is 1. The number of alkyl carbamates (subject to hydrolysis) is 1. The summed E-state index contributed by atoms with van der Waals surface area (Å²) in [6.07, 6.45) is -20.3. The Morgan fingerprint density at radius 3 is 1.36 bits per heavy atom. The molecular formula is C75H80N2O20. The van der Waals surface area contributed by atoms with Gasteiger partial charge in [-0.15, -0.1) is 0 Å². The molecule has 0 bridgehead atoms. The normalized spacial score (nSPS) is 26.2. The van der Waals surface area contributed by atoms with Crippen molar-refractivity contribution in [2.75, 3.05) is 26.4 Å². The molecule has 2 N–H and O–H groups in total. The van der Waals surface area contributed by atoms with Gasteiger partial charge in [-0.25, -0.2) is 4.79 Å². The zero-order valence-corrected chi connectivity index (χ0v) is 54.0. The van der Waals surface area contributed by atoms with E-state index in [4.69, 9.17) is 66.3 Å². The van der Waals surface area contributed by atoms with E-state index in [0.29, 0.717) is 0 Å². The molecule has 0 radical (unpaired) electrons. The van der Waals surface area contributed by atoms with Crippen LogP contribution in [-0.4, -0.2) is 158 Å². The summed E-state index contributed by atoms with van der Waals surface area (Å²) >= 11 is 0. The molecule has 0 saturated carbocycles. The van der Waals surface area contributed by atoms with Gasteiger partial charge in [0.1, 0.15) is 74.2 Å². The van der Waals surface area contributed by atoms with E-state index in [0.717, 1.165) is 38.3 Å². The molecule has 11 rings (SSSR count). The lowest BCUT2D eigenvalue weighted by Crippen LogP contribution is -2.71. The number of nitrogens with one attached hydrogen (secondary N) is 1. The SMILES string of the molecule is CC(=O)OC[C@H]1O[C@H](O[C@H]2[C@H](O[C@@H]3O[C@@H](C)[C@H](OCc4ccccc4)[C@@H](O)[C@H]3OCc3ccccc3)[C@@H](N3C(=O)c4ccccc4C3=O)[C@H](OCCNC(=O)OCc3ccccc3)O[C@@H]2COCc2ccccc2)[C@H](OCc2ccccc2)[C@@H](OCc2ccccc2)[C@@H]1OC(C)=O. The Kier molecular flexibility index (Phi) is 24.9. The van der Waals surface area contributed by atoms with E-state index in [1.54, 1.807) is 19.1 Å². The fourth-order valence-corrected chi connectivity index (χ4v) is 12.1. The lowest BCUT2D eigenvalue weighted by Gasteiger charge is -2.52. The number of carbonyl (C=O) groups is 5. The van der Waals surface area contributed by atoms with Crippen LogP contribution in [0, 0.1) is 0 Å². The van der Waals surface area contributed by atoms with Gasteiger partial charge in [0.2, 0.25) is 0 Å². The topological polar surface area (TPSA) is 250 Å². The molecule has 510 valence electrons. The Balaban J connectivity index is 1.04. The molecule has 4 heterocycles. The molecule has 7 aromatic rings. The number of aliphatic hydroxyl groups excluding tert-OH is 1. The highest BCUT2D eigenvalue weighted by Crippen LogP contribution is 2.41. The number of ether oxygens (including phenoxy) is 14. The minimum atomic E-state index is -1.68. The Hall–Kier alpha value is -8.59. The van der Waals surface area contributed by atoms with Crippen LogP contribution >= 0.6 is 0 Å². The Labute approximate surface area is 562 Å². The molecule has 0 spiro atoms. The maximum absolute atomic E-state index is 15.4. The average molecular weight is 1330 g/mol. The number of carbonyl (C=O) groups excluding carboxylic acids is 5. The third kappa shape index (κ3) is 18.5. The van der Waals surface area contributed by atoms with Gasteiger partial charge >= 0.3 is 18.0 Å². The van der Waals surface area contributed by atoms with E-state index in [9.17, 15) is 19.5 Å². The van der Waals surface area contributed by atoms with E-state index >= 15 is 9.59 Å². The molecule has 3 amide bonds. The van der Waals surface area contributed by atoms with Gasteiger partial charge in [-0.2, -0.15) is 0 Å². The van der Waals surface area contributed by atoms with E-state index in [-0.39, 0.29) is 70.5 Å². The summed E-state index contributed by atoms with van der Waals surface area (Å²) in [7, 11) is 0. The van der Waals surface area contributed by atoms with E-state index in [1.807, 2.05) is 182 Å². The van der Waals surface area contributed by atoms with Crippen LogP contribution in [0.2, 0.25) is 0 Å². The van der Waals surface area contributed by atoms with E-state index < -0.39 is 129 Å². The molecule has 7 aromatic carbocycles. The maximum atomic E-state index is 15.4. The third-order valence-electron chi connectivity index (χ3n) is 16.8. The minimum absolute atomic E-state index is 0.0175. The second kappa shape index (κ2) is 34.6. The molecule has 3 saturated heterocycles. The van der Waals surface area contributed by atoms with Crippen LogP contribution in [0.4, 0.5) is 4.79 Å². The summed E-state index contributed by atoms with van der Waals surface area (Å²) < 4.78 is 93.6. The molecule has 0 unspecified atom stereocenters. The van der Waals surface area contributed by atoms with Crippen molar-refractivity contribution < 1.29 is 95.4 Å². The molecule has 4 aliphatic heterocycles. The van der Waals surface area contributed by atoms with Gasteiger partial charge in [0.15, 0.2) is 25.0 Å². The van der Waals surface area contributed by atoms with Crippen LogP contribution in [0.1, 0.15) is 74.9 Å². The number of nitrogens with zero attached hydrogens (tertiary/aromatic N) is 1. The van der Waals surface area contributed by atoms with Crippen LogP contribution in [0.3, 0.4) is 0 Å². The molecule has 22 heteroatoms. The van der Waals surface area contributed by atoms with Gasteiger partial charge < -0.3 is 76.7 Å². The van der Waals surface area contributed by atoms with Crippen molar-refractivity contribution in [3.05, 3.63) is 251 Å². The number of hydrogen-bond acceptors (Lipinski definition) is 20. The first-order chi connectivity index (χ1) is 47.3. The molecule has 4 aliphatic rings. The molecule has 97 heavy (non-hydrogen) atoms. The highest BCUT2D eigenvalue weighted by atomic mass is 16.8. The summed E-state index contributed by atoms with van der Waals surface area (Å²) in [5.74, 6) is -2.89. The molecule has 15 atom stereocenters. The van der Waals surface area contributed by atoms with Crippen LogP contribution in [0.15, 0.2) is 206 Å². The smallest absolute Gasteiger partial charge is 0.407 e. The number of rotatable bonds is 30. The summed E-state index contributed by atoms with van der Waals surface area (Å²) in [5.41, 5.74) is 4.71. The lowest BCUT2D eigenvalue weighted by atomic mass is 9.93. The molecule has 0 aromatic heterocycles. The fraction of sp³-hybridized carbons (Fsp3) is 0.373. The first-order valence-corrected chi connectivity index (χ1v) is 32.4. The van der Waals surface area contributed by atoms with Crippen LogP contribution < -0.4 is 5.32 Å². The third-order valence-corrected chi connectivity index (χ3v) is 16.8. The van der Waals surface area contributed by atoms with Crippen molar-refractivity contribution in [2.24, 2.45) is 0 Å². The second-order valence-corrected chi connectivity index (χ2v) is 23.8. The van der Waals surface area contributed by atoms with E-state index in [2.05, 4.69) is 5.32 Å². The Morgan fingerprint density at radius 1 is 0.433 bits per heavy atom. The predicted molar refractivity (Wildman–Crippen MR) is 347 cm³/mol. The molecule has 22 nitrogen and oxygen atoms in total. The van der Waals surface area contributed by atoms with Crippen molar-refractivity contribution in [1.29, 1.82) is 0 Å². The largest absolute Gasteiger partial charge is 0.463 e. The number of benzene rings is 7. The summed E-state index contributed by atoms with van der Waals surface area (Å²) in [6.45, 7) is 2.87. The van der Waals surface area contributed by atoms with Gasteiger partial charge in [-0.1, -0.05) is 194 Å². The number of fused-ring (bicyclic) bond motifs is 1. The second-order valence-electron chi connectivity index (χ2n) is 23.8. The summed E-state index contributed by atoms with van der Waals surface area (Å²) in [5, 5.41) is 15.6. The maximum Gasteiger partial charge on any atom is 0.407 e. The monoisotopic (exact) mass is 1330 g/mol. The summed E-state index contributed by atoms with van der Waals surface area (Å²) in [6, 6.07) is 60.4. The number of amides is 3. The van der Waals surface area contributed by atoms with Gasteiger partial charge in [-0.3, -0.25) is 24.1 Å². The quantitative estimate of drug-likeness (QED) is 0.0184. The standard InChI is InChI=1S/C75H80N2O20/c1-48-63(87-41-52-26-12-5-13-27-52)62(80)67(88-42-53-28-14-6-15-29-53)73(92-48)97-66-61(77-70(81)57-36-22-23-37-58(57)71(77)82)72(85-39-38-76-75(83)91-45-56-34-20-9-21-35-56)94-59(46-84-40-51-24-10-4-11-25-51)64(66)96-74-69(90-44-55-32-18-8-19-33-55)68(89-43-54-30-16-7-17-31-54)65(93-50(3)79)60(95-74)47-86-49(2)78/h4-37,48,59-69,72-74,80H,38-47H2,1-3H3,(H,76,83)/t48-,59+,60+,61+,62+,63-,64+,65+,66+,67+,68-,69+,72+,73-,74+/m0/s1. The zero-order chi connectivity index (χ0) is 67.5. The lowest BCUT2D eigenvalue weighted by molar-refractivity contribution is -0.384. The van der Waals surface area contributed by atoms with Crippen molar-refractivity contribution in [1.82, 2.24) is 10.2 Å². The van der Waals surface area contributed by atoms with Crippen LogP contribution in [0.5, 0.6) is 0 Å². The van der Waals surface area contributed by atoms with Crippen molar-refractivity contribution in [2.45, 2.75) is 152 Å². The van der Waals surface area contributed by atoms with Gasteiger partial charge in [0.05, 0.1) is 63.5 Å². The first-order valence-electron chi connectivity index (χ1n) is 32.4. The first kappa shape index (κ1) is 69.8. The van der Waals surface area contributed by atoms with Gasteiger partial charge in [-0.05, 0) is 52.4 Å². The zero-order valence-electron chi connectivity index (χ0n) is 54.0. The van der Waals surface area contributed by atoms with Gasteiger partial charge in [0.25, 0.3) is 11.8 Å². The predicted octanol–water partition coefficient (Wildman–Crippen LogP) is 8.97. The molecule has 3 fully saturated rings. The van der Waals surface area contributed by atoms with Crippen molar-refractivity contribution in [3.63, 3.8) is 0 Å². The van der Waals surface area contributed by atoms with Crippen LogP contribution in [0.25, 0.3) is 0 Å². The van der Waals surface area contributed by atoms with Gasteiger partial charge in [0, 0.05) is 20.4 Å². The van der Waals surface area contributed by atoms with Crippen molar-refractivity contribution in [3.8, 4) is 0 Å². The van der Waals surface area contributed by atoms with Crippen LogP contribution in [-0.2, 0) is 116 Å². The fourth-order valence-electron chi connectivity index (χ4n) is 12.1. The number of imide groups is 1. The minimum Gasteiger partial charge on any atom is -0.463 e. The Morgan fingerprint density at radius 2 is 0.856 bits per heavy atom. The number of hydrogen-bond donors (Lipinski definition) is 2. The highest BCUT2D eigenvalue weighted by Gasteiger charge is 2.60. The molecule has 0 aliphatic carbocycles. The molecular weight excluding hydrogens is 1250 g/mol. The highest BCUT2D eigenvalue weighted by molar-refractivity contribution is 6.21. The Bertz CT molecular complexity index is 3590. The number of esters is 2. The van der Waals surface area contributed by atoms with E-state index in [1.165, 1.54) is 26.0 Å². The summed E-state index contributed by atoms with van der Waals surface area (Å²) in [4.78, 5) is 71.2. The average Bonchev–Trinajstić information content (AvgIpc) is 1.71. The van der Waals surface area contributed by atoms with Crippen molar-refractivity contribution >= 4 is 29.8 Å².